The molecule has 12 nitrogen and oxygen atoms in total. The molecule has 0 aliphatic heterocycles. The number of aliphatic hydroxyl groups is 2. The topological polar surface area (TPSA) is 192 Å². The lowest BCUT2D eigenvalue weighted by molar-refractivity contribution is -0.161. The summed E-state index contributed by atoms with van der Waals surface area (Å²) in [6, 6.07) is 0. The van der Waals surface area contributed by atoms with Crippen LogP contribution in [0, 0.1) is 11.8 Å². The second kappa shape index (κ2) is 30.4. The van der Waals surface area contributed by atoms with Crippen LogP contribution in [0.5, 0.6) is 0 Å². The first-order valence-corrected chi connectivity index (χ1v) is 21.4. The molecule has 52 heavy (non-hydrogen) atoms. The Morgan fingerprint density at radius 2 is 1.50 bits per heavy atom. The number of aliphatic hydroxyl groups excluding tert-OH is 2. The monoisotopic (exact) mass is 759 g/mol. The highest BCUT2D eigenvalue weighted by Crippen LogP contribution is 2.43. The van der Waals surface area contributed by atoms with Crippen molar-refractivity contribution in [1.29, 1.82) is 0 Å². The van der Waals surface area contributed by atoms with Gasteiger partial charge in [0.25, 0.3) is 0 Å². The summed E-state index contributed by atoms with van der Waals surface area (Å²) in [7, 11) is -4.44. The molecule has 0 bridgehead atoms. The number of ketones is 1. The highest BCUT2D eigenvalue weighted by molar-refractivity contribution is 7.47. The van der Waals surface area contributed by atoms with Gasteiger partial charge < -0.3 is 30.3 Å². The number of ether oxygens (including phenoxy) is 2. The maximum atomic E-state index is 12.7. The molecule has 0 aromatic rings. The molecule has 6 atom stereocenters. The van der Waals surface area contributed by atoms with Gasteiger partial charge >= 0.3 is 19.8 Å². The number of phosphoric acid groups is 1. The molecular weight excluding hydrogens is 689 g/mol. The molecule has 0 radical (unpaired) electrons. The predicted octanol–water partition coefficient (Wildman–Crippen LogP) is 7.41. The van der Waals surface area contributed by atoms with Crippen molar-refractivity contribution in [2.75, 3.05) is 26.4 Å². The summed E-state index contributed by atoms with van der Waals surface area (Å²) < 4.78 is 32.6. The zero-order valence-corrected chi connectivity index (χ0v) is 32.9. The van der Waals surface area contributed by atoms with Crippen LogP contribution in [0.4, 0.5) is 0 Å². The average molecular weight is 760 g/mol. The van der Waals surface area contributed by atoms with E-state index >= 15 is 0 Å². The number of Topliss-reactive ketones (excluding diaryl/α,β-unsaturated/α-hetero) is 1. The van der Waals surface area contributed by atoms with Crippen molar-refractivity contribution in [2.45, 2.75) is 167 Å². The van der Waals surface area contributed by atoms with Crippen molar-refractivity contribution in [2.24, 2.45) is 17.6 Å². The van der Waals surface area contributed by atoms with E-state index in [2.05, 4.69) is 26.0 Å². The van der Waals surface area contributed by atoms with Crippen molar-refractivity contribution >= 4 is 25.5 Å². The Labute approximate surface area is 312 Å². The lowest BCUT2D eigenvalue weighted by Crippen LogP contribution is -2.29. The van der Waals surface area contributed by atoms with Crippen molar-refractivity contribution in [3.63, 3.8) is 0 Å². The van der Waals surface area contributed by atoms with Gasteiger partial charge in [-0.2, -0.15) is 0 Å². The standard InChI is InChI=1S/C39H70NO11P/c1-3-5-7-8-9-10-11-12-13-14-19-23-38(44)48-30-33(31-50-52(46,47)49-28-27-40)51-39(45)24-20-16-15-18-22-34-35(37(43)29-36(34)42)26-25-32(41)21-17-6-4-2/h8-9,25-26,32-35,37,41,43H,3-7,10-24,27-31,40H2,1-2H3,(H,46,47)/b9-8-,26-25+/t32-,33+,34+,35+,37+/m0/s1. The largest absolute Gasteiger partial charge is 0.472 e. The fraction of sp³-hybridized carbons (Fsp3) is 0.821. The van der Waals surface area contributed by atoms with Crippen LogP contribution in [-0.2, 0) is 37.5 Å². The number of nitrogens with two attached hydrogens (primary N) is 1. The van der Waals surface area contributed by atoms with Crippen LogP contribution < -0.4 is 5.73 Å². The second-order valence-corrected chi connectivity index (χ2v) is 15.4. The van der Waals surface area contributed by atoms with Crippen LogP contribution in [0.25, 0.3) is 0 Å². The lowest BCUT2D eigenvalue weighted by Gasteiger charge is -2.20. The molecule has 1 aliphatic rings. The molecule has 0 heterocycles. The van der Waals surface area contributed by atoms with E-state index in [-0.39, 0.29) is 56.6 Å². The van der Waals surface area contributed by atoms with Gasteiger partial charge in [0.1, 0.15) is 12.4 Å². The summed E-state index contributed by atoms with van der Waals surface area (Å²) in [4.78, 5) is 47.5. The molecule has 5 N–H and O–H groups in total. The van der Waals surface area contributed by atoms with E-state index in [9.17, 15) is 34.1 Å². The third kappa shape index (κ3) is 24.4. The Kier molecular flexibility index (Phi) is 28.1. The van der Waals surface area contributed by atoms with E-state index in [0.29, 0.717) is 32.1 Å². The maximum absolute atomic E-state index is 12.7. The zero-order valence-electron chi connectivity index (χ0n) is 32.0. The summed E-state index contributed by atoms with van der Waals surface area (Å²) in [5.74, 6) is -1.55. The molecule has 1 saturated carbocycles. The van der Waals surface area contributed by atoms with E-state index in [1.165, 1.54) is 12.8 Å². The average Bonchev–Trinajstić information content (AvgIpc) is 3.38. The highest BCUT2D eigenvalue weighted by atomic mass is 31.2. The van der Waals surface area contributed by atoms with Gasteiger partial charge in [-0.1, -0.05) is 109 Å². The molecule has 302 valence electrons. The molecule has 0 aromatic carbocycles. The predicted molar refractivity (Wildman–Crippen MR) is 202 cm³/mol. The first kappa shape index (κ1) is 48.1. The highest BCUT2D eigenvalue weighted by Gasteiger charge is 2.39. The molecule has 1 unspecified atom stereocenters. The van der Waals surface area contributed by atoms with E-state index < -0.39 is 44.7 Å². The Balaban J connectivity index is 2.44. The van der Waals surface area contributed by atoms with Crippen molar-refractivity contribution < 1.29 is 52.6 Å². The van der Waals surface area contributed by atoms with Gasteiger partial charge in [-0.3, -0.25) is 23.4 Å². The molecule has 0 saturated heterocycles. The number of carbonyl (C=O) groups is 3. The smallest absolute Gasteiger partial charge is 0.462 e. The number of unbranched alkanes of at least 4 members (excludes halogenated alkanes) is 12. The molecule has 0 spiro atoms. The Morgan fingerprint density at radius 1 is 0.865 bits per heavy atom. The number of carbonyl (C=O) groups excluding carboxylic acids is 3. The van der Waals surface area contributed by atoms with E-state index in [1.54, 1.807) is 12.2 Å². The van der Waals surface area contributed by atoms with Crippen LogP contribution in [0.15, 0.2) is 24.3 Å². The van der Waals surface area contributed by atoms with Crippen LogP contribution in [0.2, 0.25) is 0 Å². The van der Waals surface area contributed by atoms with Crippen LogP contribution in [0.3, 0.4) is 0 Å². The maximum Gasteiger partial charge on any atom is 0.472 e. The fourth-order valence-corrected chi connectivity index (χ4v) is 6.92. The fourth-order valence-electron chi connectivity index (χ4n) is 6.16. The lowest BCUT2D eigenvalue weighted by atomic mass is 9.88. The number of hydrogen-bond donors (Lipinski definition) is 4. The Hall–Kier alpha value is -1.92. The summed E-state index contributed by atoms with van der Waals surface area (Å²) in [6.45, 7) is 3.28. The van der Waals surface area contributed by atoms with Gasteiger partial charge in [-0.05, 0) is 44.9 Å². The van der Waals surface area contributed by atoms with Crippen LogP contribution in [0.1, 0.15) is 149 Å². The van der Waals surface area contributed by atoms with Crippen molar-refractivity contribution in [3.8, 4) is 0 Å². The minimum absolute atomic E-state index is 0.0138. The Morgan fingerprint density at radius 3 is 2.19 bits per heavy atom. The molecule has 0 amide bonds. The molecular formula is C39H70NO11P. The third-order valence-corrected chi connectivity index (χ3v) is 10.2. The van der Waals surface area contributed by atoms with Crippen LogP contribution >= 0.6 is 7.82 Å². The molecule has 1 aliphatic carbocycles. The van der Waals surface area contributed by atoms with Gasteiger partial charge in [0, 0.05) is 37.6 Å². The summed E-state index contributed by atoms with van der Waals surface area (Å²) in [5, 5.41) is 20.7. The molecule has 1 fully saturated rings. The molecule has 13 heteroatoms. The van der Waals surface area contributed by atoms with Gasteiger partial charge in [0.05, 0.1) is 25.4 Å². The number of phosphoric ester groups is 1. The van der Waals surface area contributed by atoms with Gasteiger partial charge in [0.15, 0.2) is 6.10 Å². The Bertz CT molecular complexity index is 1070. The van der Waals surface area contributed by atoms with Crippen molar-refractivity contribution in [1.82, 2.24) is 0 Å². The quantitative estimate of drug-likeness (QED) is 0.0224. The summed E-state index contributed by atoms with van der Waals surface area (Å²) in [5.41, 5.74) is 5.33. The second-order valence-electron chi connectivity index (χ2n) is 13.9. The number of allylic oxidation sites excluding steroid dienone is 2. The zero-order chi connectivity index (χ0) is 38.5. The first-order valence-electron chi connectivity index (χ1n) is 19.9. The normalized spacial score (nSPS) is 20.0. The van der Waals surface area contributed by atoms with E-state index in [1.807, 2.05) is 0 Å². The minimum Gasteiger partial charge on any atom is -0.462 e. The molecule has 0 aromatic heterocycles. The first-order chi connectivity index (χ1) is 25.0. The SMILES string of the molecule is CCCC/C=C\CCCCCCCC(=O)OC[C@H](COP(=O)(O)OCCN)OC(=O)CCCCCC[C@H]1C(=O)C[C@@H](O)[C@@H]1/C=C/[C@@H](O)CCCCC. The van der Waals surface area contributed by atoms with Gasteiger partial charge in [-0.15, -0.1) is 0 Å². The number of rotatable bonds is 33. The third-order valence-electron chi connectivity index (χ3n) is 9.20. The number of esters is 2. The van der Waals surface area contributed by atoms with Gasteiger partial charge in [-0.25, -0.2) is 4.57 Å². The van der Waals surface area contributed by atoms with E-state index in [4.69, 9.17) is 24.3 Å². The summed E-state index contributed by atoms with van der Waals surface area (Å²) in [6.07, 6.45) is 22.6. The number of hydrogen-bond acceptors (Lipinski definition) is 11. The van der Waals surface area contributed by atoms with E-state index in [0.717, 1.165) is 70.6 Å². The van der Waals surface area contributed by atoms with Crippen LogP contribution in [-0.4, -0.2) is 77.5 Å². The summed E-state index contributed by atoms with van der Waals surface area (Å²) >= 11 is 0. The molecule has 1 rings (SSSR count). The minimum atomic E-state index is -4.44. The van der Waals surface area contributed by atoms with Gasteiger partial charge in [0.2, 0.25) is 0 Å². The van der Waals surface area contributed by atoms with Crippen molar-refractivity contribution in [3.05, 3.63) is 24.3 Å².